The quantitative estimate of drug-likeness (QED) is 0.715. The zero-order valence-electron chi connectivity index (χ0n) is 18.5. The van der Waals surface area contributed by atoms with E-state index in [0.29, 0.717) is 32.4 Å². The Morgan fingerprint density at radius 2 is 1.88 bits per heavy atom. The van der Waals surface area contributed by atoms with Crippen molar-refractivity contribution in [1.82, 2.24) is 30.0 Å². The van der Waals surface area contributed by atoms with Crippen LogP contribution in [0.3, 0.4) is 0 Å². The van der Waals surface area contributed by atoms with Crippen LogP contribution < -0.4 is 5.32 Å². The molecule has 1 unspecified atom stereocenters. The number of urea groups is 1. The molecule has 1 aromatic heterocycles. The Kier molecular flexibility index (Phi) is 5.80. The second-order valence-electron chi connectivity index (χ2n) is 9.09. The number of carbonyl (C=O) groups excluding carboxylic acids is 3. The fraction of sp³-hybridized carbons (Fsp3) is 0.458. The van der Waals surface area contributed by atoms with Gasteiger partial charge in [0.1, 0.15) is 11.2 Å². The van der Waals surface area contributed by atoms with E-state index in [0.717, 1.165) is 26.1 Å². The Morgan fingerprint density at radius 3 is 2.61 bits per heavy atom. The smallest absolute Gasteiger partial charge is 0.325 e. The van der Waals surface area contributed by atoms with Crippen LogP contribution in [-0.2, 0) is 11.3 Å². The number of nitrogens with zero attached hydrogens (tertiary/aromatic N) is 5. The number of hydrogen-bond acceptors (Lipinski definition) is 6. The van der Waals surface area contributed by atoms with Crippen LogP contribution in [0.15, 0.2) is 48.9 Å². The molecule has 172 valence electrons. The van der Waals surface area contributed by atoms with Crippen molar-refractivity contribution >= 4 is 17.8 Å². The summed E-state index contributed by atoms with van der Waals surface area (Å²) in [6.07, 6.45) is 7.06. The lowest BCUT2D eigenvalue weighted by Crippen LogP contribution is -2.56. The van der Waals surface area contributed by atoms with E-state index in [2.05, 4.69) is 32.3 Å². The number of hydrogen-bond donors (Lipinski definition) is 1. The molecule has 0 radical (unpaired) electrons. The Morgan fingerprint density at radius 1 is 1.09 bits per heavy atom. The third-order valence-electron chi connectivity index (χ3n) is 6.98. The van der Waals surface area contributed by atoms with Crippen molar-refractivity contribution in [3.05, 3.63) is 60.2 Å². The van der Waals surface area contributed by atoms with Crippen molar-refractivity contribution < 1.29 is 14.4 Å². The van der Waals surface area contributed by atoms with Crippen molar-refractivity contribution in [1.29, 1.82) is 0 Å². The largest absolute Gasteiger partial charge is 0.335 e. The summed E-state index contributed by atoms with van der Waals surface area (Å²) in [5.74, 6) is -0.366. The molecule has 1 N–H and O–H groups in total. The number of benzene rings is 1. The van der Waals surface area contributed by atoms with E-state index in [1.165, 1.54) is 29.1 Å². The van der Waals surface area contributed by atoms with Crippen LogP contribution >= 0.6 is 0 Å². The van der Waals surface area contributed by atoms with E-state index in [1.807, 2.05) is 18.2 Å². The van der Waals surface area contributed by atoms with Gasteiger partial charge in [-0.25, -0.2) is 9.78 Å². The minimum Gasteiger partial charge on any atom is -0.335 e. The number of imide groups is 1. The third-order valence-corrected chi connectivity index (χ3v) is 6.98. The minimum absolute atomic E-state index is 0.148. The second-order valence-corrected chi connectivity index (χ2v) is 9.09. The fourth-order valence-corrected chi connectivity index (χ4v) is 5.17. The summed E-state index contributed by atoms with van der Waals surface area (Å²) >= 11 is 0. The zero-order chi connectivity index (χ0) is 22.8. The van der Waals surface area contributed by atoms with Gasteiger partial charge in [0, 0.05) is 45.1 Å². The Labute approximate surface area is 192 Å². The average molecular weight is 449 g/mol. The number of carbonyl (C=O) groups is 3. The normalized spacial score (nSPS) is 23.1. The molecule has 1 spiro atoms. The van der Waals surface area contributed by atoms with Gasteiger partial charge in [-0.15, -0.1) is 0 Å². The third kappa shape index (κ3) is 4.20. The second kappa shape index (κ2) is 8.90. The standard InChI is InChI=1S/C24H28N6O3/c31-21(20-15-25-10-11-26-20)29-12-4-7-19(17-29)30-22(32)24(27-23(30)33)8-13-28(14-9-24)16-18-5-2-1-3-6-18/h1-3,5-6,10-11,15,19H,4,7-9,12-14,16-17H2,(H,27,33). The molecular formula is C24H28N6O3. The van der Waals surface area contributed by atoms with E-state index < -0.39 is 5.54 Å². The summed E-state index contributed by atoms with van der Waals surface area (Å²) in [4.78, 5) is 52.7. The number of likely N-dealkylation sites (tertiary alicyclic amines) is 2. The van der Waals surface area contributed by atoms with Crippen molar-refractivity contribution in [2.45, 2.75) is 43.8 Å². The Balaban J connectivity index is 1.24. The average Bonchev–Trinajstić information content (AvgIpc) is 3.10. The lowest BCUT2D eigenvalue weighted by molar-refractivity contribution is -0.135. The van der Waals surface area contributed by atoms with Crippen LogP contribution in [-0.4, -0.2) is 80.3 Å². The van der Waals surface area contributed by atoms with E-state index in [-0.39, 0.29) is 29.6 Å². The Bertz CT molecular complexity index is 1020. The van der Waals surface area contributed by atoms with Gasteiger partial charge in [-0.3, -0.25) is 24.4 Å². The van der Waals surface area contributed by atoms with Gasteiger partial charge < -0.3 is 10.2 Å². The molecule has 33 heavy (non-hydrogen) atoms. The molecule has 3 aliphatic rings. The molecule has 3 aliphatic heterocycles. The molecule has 3 saturated heterocycles. The number of nitrogens with one attached hydrogen (secondary N) is 1. The van der Waals surface area contributed by atoms with E-state index >= 15 is 0 Å². The molecule has 4 heterocycles. The van der Waals surface area contributed by atoms with Crippen LogP contribution in [0.4, 0.5) is 4.79 Å². The number of aromatic nitrogens is 2. The van der Waals surface area contributed by atoms with E-state index in [1.54, 1.807) is 4.90 Å². The number of amides is 4. The summed E-state index contributed by atoms with van der Waals surface area (Å²) in [5.41, 5.74) is 0.686. The number of rotatable bonds is 4. The first-order valence-corrected chi connectivity index (χ1v) is 11.5. The molecular weight excluding hydrogens is 420 g/mol. The van der Waals surface area contributed by atoms with Crippen LogP contribution in [0.1, 0.15) is 41.7 Å². The molecule has 0 bridgehead atoms. The van der Waals surface area contributed by atoms with Crippen LogP contribution in [0.5, 0.6) is 0 Å². The highest BCUT2D eigenvalue weighted by molar-refractivity contribution is 6.07. The molecule has 0 saturated carbocycles. The predicted molar refractivity (Wildman–Crippen MR) is 120 cm³/mol. The summed E-state index contributed by atoms with van der Waals surface area (Å²) in [5, 5.41) is 3.01. The maximum Gasteiger partial charge on any atom is 0.325 e. The topological polar surface area (TPSA) is 98.7 Å². The van der Waals surface area contributed by atoms with Gasteiger partial charge in [0.05, 0.1) is 12.2 Å². The molecule has 5 rings (SSSR count). The molecule has 1 atom stereocenters. The lowest BCUT2D eigenvalue weighted by atomic mass is 9.87. The molecule has 0 aliphatic carbocycles. The van der Waals surface area contributed by atoms with Crippen molar-refractivity contribution in [2.75, 3.05) is 26.2 Å². The van der Waals surface area contributed by atoms with Gasteiger partial charge in [0.25, 0.3) is 11.8 Å². The Hall–Kier alpha value is -3.33. The van der Waals surface area contributed by atoms with Crippen LogP contribution in [0.2, 0.25) is 0 Å². The zero-order valence-corrected chi connectivity index (χ0v) is 18.5. The van der Waals surface area contributed by atoms with Gasteiger partial charge in [-0.2, -0.15) is 0 Å². The van der Waals surface area contributed by atoms with E-state index in [9.17, 15) is 14.4 Å². The lowest BCUT2D eigenvalue weighted by Gasteiger charge is -2.39. The van der Waals surface area contributed by atoms with Crippen LogP contribution in [0, 0.1) is 0 Å². The van der Waals surface area contributed by atoms with Gasteiger partial charge in [0.15, 0.2) is 0 Å². The van der Waals surface area contributed by atoms with Gasteiger partial charge in [-0.05, 0) is 31.2 Å². The van der Waals surface area contributed by atoms with Gasteiger partial charge in [0.2, 0.25) is 0 Å². The fourth-order valence-electron chi connectivity index (χ4n) is 5.17. The molecule has 9 heteroatoms. The summed E-state index contributed by atoms with van der Waals surface area (Å²) in [6, 6.07) is 9.61. The predicted octanol–water partition coefficient (Wildman–Crippen LogP) is 1.67. The highest BCUT2D eigenvalue weighted by atomic mass is 16.2. The van der Waals surface area contributed by atoms with E-state index in [4.69, 9.17) is 0 Å². The van der Waals surface area contributed by atoms with Gasteiger partial charge in [-0.1, -0.05) is 30.3 Å². The molecule has 3 fully saturated rings. The number of piperidine rings is 2. The van der Waals surface area contributed by atoms with Crippen LogP contribution in [0.25, 0.3) is 0 Å². The first-order chi connectivity index (χ1) is 16.1. The molecule has 1 aromatic carbocycles. The van der Waals surface area contributed by atoms with Crippen molar-refractivity contribution in [2.24, 2.45) is 0 Å². The highest BCUT2D eigenvalue weighted by Gasteiger charge is 2.54. The van der Waals surface area contributed by atoms with Gasteiger partial charge >= 0.3 is 6.03 Å². The first kappa shape index (κ1) is 21.5. The van der Waals surface area contributed by atoms with Crippen molar-refractivity contribution in [3.63, 3.8) is 0 Å². The monoisotopic (exact) mass is 448 g/mol. The summed E-state index contributed by atoms with van der Waals surface area (Å²) < 4.78 is 0. The molecule has 9 nitrogen and oxygen atoms in total. The minimum atomic E-state index is -0.832. The maximum absolute atomic E-state index is 13.5. The molecule has 2 aromatic rings. The summed E-state index contributed by atoms with van der Waals surface area (Å²) in [7, 11) is 0. The first-order valence-electron chi connectivity index (χ1n) is 11.5. The highest BCUT2D eigenvalue weighted by Crippen LogP contribution is 2.33. The molecule has 4 amide bonds. The van der Waals surface area contributed by atoms with Crippen molar-refractivity contribution in [3.8, 4) is 0 Å². The SMILES string of the molecule is O=C(c1cnccn1)N1CCCC(N2C(=O)NC3(CCN(Cc4ccccc4)CC3)C2=O)C1. The maximum atomic E-state index is 13.5. The summed E-state index contributed by atoms with van der Waals surface area (Å²) in [6.45, 7) is 3.23.